The van der Waals surface area contributed by atoms with Crippen molar-refractivity contribution >= 4 is 35.0 Å². The third-order valence-corrected chi connectivity index (χ3v) is 4.73. The summed E-state index contributed by atoms with van der Waals surface area (Å²) >= 11 is 6.25. The maximum atomic E-state index is 12.4. The number of carbonyl (C=O) groups excluding carboxylic acids is 1. The summed E-state index contributed by atoms with van der Waals surface area (Å²) in [5.41, 5.74) is 2.56. The van der Waals surface area contributed by atoms with Crippen molar-refractivity contribution in [1.82, 2.24) is 0 Å². The summed E-state index contributed by atoms with van der Waals surface area (Å²) in [5.74, 6) is 0.796. The molecule has 2 aromatic rings. The second kappa shape index (κ2) is 10.2. The topological polar surface area (TPSA) is 60.0 Å². The number of anilines is 2. The second-order valence-electron chi connectivity index (χ2n) is 6.44. The number of ether oxygens (including phenoxy) is 3. The Morgan fingerprint density at radius 3 is 2.79 bits per heavy atom. The van der Waals surface area contributed by atoms with E-state index < -0.39 is 0 Å². The van der Waals surface area contributed by atoms with Crippen molar-refractivity contribution < 1.29 is 19.0 Å². The Hall–Kier alpha value is -2.70. The number of hydrogen-bond donors (Lipinski definition) is 1. The summed E-state index contributed by atoms with van der Waals surface area (Å²) in [5, 5.41) is 3.32. The molecule has 1 amide bonds. The van der Waals surface area contributed by atoms with Gasteiger partial charge in [0.05, 0.1) is 32.0 Å². The number of amides is 1. The Morgan fingerprint density at radius 1 is 1.28 bits per heavy atom. The minimum Gasteiger partial charge on any atom is -0.491 e. The molecule has 1 heterocycles. The Morgan fingerprint density at radius 2 is 2.07 bits per heavy atom. The Kier molecular flexibility index (Phi) is 7.38. The highest BCUT2D eigenvalue weighted by Crippen LogP contribution is 2.36. The summed E-state index contributed by atoms with van der Waals surface area (Å²) in [4.78, 5) is 14.6. The molecule has 3 rings (SSSR count). The number of halogens is 1. The molecule has 0 aromatic heterocycles. The molecule has 6 nitrogen and oxygen atoms in total. The molecule has 7 heteroatoms. The van der Waals surface area contributed by atoms with Gasteiger partial charge in [0, 0.05) is 30.5 Å². The first kappa shape index (κ1) is 21.0. The van der Waals surface area contributed by atoms with Crippen molar-refractivity contribution in [3.63, 3.8) is 0 Å². The van der Waals surface area contributed by atoms with Crippen LogP contribution >= 0.6 is 11.6 Å². The molecule has 0 spiro atoms. The molecule has 2 aromatic carbocycles. The fraction of sp³-hybridized carbons (Fsp3) is 0.318. The van der Waals surface area contributed by atoms with Crippen molar-refractivity contribution in [1.29, 1.82) is 0 Å². The number of morpholine rings is 1. The molecule has 0 unspecified atom stereocenters. The van der Waals surface area contributed by atoms with Crippen LogP contribution in [0.15, 0.2) is 42.5 Å². The molecule has 0 saturated carbocycles. The van der Waals surface area contributed by atoms with Crippen LogP contribution in [0, 0.1) is 0 Å². The minimum atomic E-state index is -0.228. The van der Waals surface area contributed by atoms with Gasteiger partial charge in [0.25, 0.3) is 0 Å². The van der Waals surface area contributed by atoms with Gasteiger partial charge in [-0.05, 0) is 48.9 Å². The summed E-state index contributed by atoms with van der Waals surface area (Å²) in [7, 11) is 1.54. The van der Waals surface area contributed by atoms with Crippen LogP contribution in [0.2, 0.25) is 5.02 Å². The number of rotatable bonds is 7. The number of methoxy groups -OCH3 is 1. The maximum absolute atomic E-state index is 12.4. The smallest absolute Gasteiger partial charge is 0.248 e. The Labute approximate surface area is 176 Å². The van der Waals surface area contributed by atoms with Gasteiger partial charge in [-0.1, -0.05) is 17.7 Å². The summed E-state index contributed by atoms with van der Waals surface area (Å²) in [6, 6.07) is 11.3. The van der Waals surface area contributed by atoms with E-state index >= 15 is 0 Å². The summed E-state index contributed by atoms with van der Waals surface area (Å²) in [6.07, 6.45) is 3.16. The molecular weight excluding hydrogens is 392 g/mol. The lowest BCUT2D eigenvalue weighted by Gasteiger charge is -2.29. The van der Waals surface area contributed by atoms with Gasteiger partial charge in [0.1, 0.15) is 0 Å². The van der Waals surface area contributed by atoms with E-state index in [1.165, 1.54) is 13.2 Å². The van der Waals surface area contributed by atoms with E-state index in [1.54, 1.807) is 18.2 Å². The fourth-order valence-electron chi connectivity index (χ4n) is 3.10. The molecule has 1 aliphatic heterocycles. The van der Waals surface area contributed by atoms with E-state index in [0.29, 0.717) is 36.3 Å². The Bertz CT molecular complexity index is 879. The predicted octanol–water partition coefficient (Wildman–Crippen LogP) is 4.24. The zero-order valence-corrected chi connectivity index (χ0v) is 17.4. The van der Waals surface area contributed by atoms with Crippen molar-refractivity contribution in [2.24, 2.45) is 0 Å². The number of hydrogen-bond acceptors (Lipinski definition) is 5. The first-order valence-corrected chi connectivity index (χ1v) is 9.90. The third-order valence-electron chi connectivity index (χ3n) is 4.45. The summed E-state index contributed by atoms with van der Waals surface area (Å²) < 4.78 is 16.2. The molecule has 0 radical (unpaired) electrons. The van der Waals surface area contributed by atoms with E-state index in [2.05, 4.69) is 10.2 Å². The first-order chi connectivity index (χ1) is 14.1. The lowest BCUT2D eigenvalue weighted by Crippen LogP contribution is -2.36. The molecule has 0 atom stereocenters. The normalized spacial score (nSPS) is 14.1. The van der Waals surface area contributed by atoms with Crippen LogP contribution in [0.3, 0.4) is 0 Å². The largest absolute Gasteiger partial charge is 0.491 e. The van der Waals surface area contributed by atoms with Gasteiger partial charge in [-0.25, -0.2) is 0 Å². The summed E-state index contributed by atoms with van der Waals surface area (Å²) in [6.45, 7) is 5.49. The van der Waals surface area contributed by atoms with E-state index in [9.17, 15) is 4.79 Å². The molecule has 1 saturated heterocycles. The molecule has 154 valence electrons. The highest BCUT2D eigenvalue weighted by atomic mass is 35.5. The van der Waals surface area contributed by atoms with Crippen molar-refractivity contribution in [2.45, 2.75) is 6.92 Å². The van der Waals surface area contributed by atoms with E-state index in [4.69, 9.17) is 25.8 Å². The number of nitrogens with one attached hydrogen (secondary N) is 1. The lowest BCUT2D eigenvalue weighted by atomic mass is 10.2. The van der Waals surface area contributed by atoms with Crippen molar-refractivity contribution in [3.8, 4) is 11.5 Å². The zero-order chi connectivity index (χ0) is 20.6. The van der Waals surface area contributed by atoms with E-state index in [0.717, 1.165) is 30.0 Å². The van der Waals surface area contributed by atoms with E-state index in [-0.39, 0.29) is 5.91 Å². The molecule has 29 heavy (non-hydrogen) atoms. The van der Waals surface area contributed by atoms with Crippen LogP contribution in [-0.4, -0.2) is 45.9 Å². The van der Waals surface area contributed by atoms with Crippen molar-refractivity contribution in [3.05, 3.63) is 53.1 Å². The van der Waals surface area contributed by atoms with Gasteiger partial charge in [0.2, 0.25) is 5.91 Å². The van der Waals surface area contributed by atoms with Crippen LogP contribution in [0.4, 0.5) is 11.4 Å². The number of benzene rings is 2. The van der Waals surface area contributed by atoms with Crippen LogP contribution in [-0.2, 0) is 9.53 Å². The average molecular weight is 417 g/mol. The van der Waals surface area contributed by atoms with Crippen LogP contribution < -0.4 is 19.7 Å². The highest BCUT2D eigenvalue weighted by molar-refractivity contribution is 6.32. The first-order valence-electron chi connectivity index (χ1n) is 9.53. The third kappa shape index (κ3) is 5.65. The standard InChI is InChI=1S/C22H25ClN2O4/c1-3-29-20-14-16(13-19(23)22(20)27-2)7-8-21(26)24-17-5-4-6-18(15-17)25-9-11-28-12-10-25/h4-8,13-15H,3,9-12H2,1-2H3,(H,24,26). The van der Waals surface area contributed by atoms with Gasteiger partial charge in [-0.15, -0.1) is 0 Å². The Balaban J connectivity index is 1.68. The minimum absolute atomic E-state index is 0.228. The number of nitrogens with zero attached hydrogens (tertiary/aromatic N) is 1. The highest BCUT2D eigenvalue weighted by Gasteiger charge is 2.12. The molecule has 0 aliphatic carbocycles. The van der Waals surface area contributed by atoms with Crippen LogP contribution in [0.25, 0.3) is 6.08 Å². The SMILES string of the molecule is CCOc1cc(C=CC(=O)Nc2cccc(N3CCOCC3)c2)cc(Cl)c1OC. The van der Waals surface area contributed by atoms with Crippen LogP contribution in [0.5, 0.6) is 11.5 Å². The van der Waals surface area contributed by atoms with Gasteiger partial charge >= 0.3 is 0 Å². The van der Waals surface area contributed by atoms with Gasteiger partial charge in [-0.3, -0.25) is 4.79 Å². The van der Waals surface area contributed by atoms with Gasteiger partial charge in [0.15, 0.2) is 11.5 Å². The fourth-order valence-corrected chi connectivity index (χ4v) is 3.40. The molecule has 1 aliphatic rings. The molecular formula is C22H25ClN2O4. The lowest BCUT2D eigenvalue weighted by molar-refractivity contribution is -0.111. The average Bonchev–Trinajstić information content (AvgIpc) is 2.73. The number of carbonyl (C=O) groups is 1. The van der Waals surface area contributed by atoms with Gasteiger partial charge in [-0.2, -0.15) is 0 Å². The quantitative estimate of drug-likeness (QED) is 0.684. The zero-order valence-electron chi connectivity index (χ0n) is 16.6. The van der Waals surface area contributed by atoms with Crippen LogP contribution in [0.1, 0.15) is 12.5 Å². The molecule has 0 bridgehead atoms. The predicted molar refractivity (Wildman–Crippen MR) is 116 cm³/mol. The monoisotopic (exact) mass is 416 g/mol. The van der Waals surface area contributed by atoms with E-state index in [1.807, 2.05) is 31.2 Å². The molecule has 1 fully saturated rings. The molecule has 1 N–H and O–H groups in total. The van der Waals surface area contributed by atoms with Gasteiger partial charge < -0.3 is 24.4 Å². The maximum Gasteiger partial charge on any atom is 0.248 e. The second-order valence-corrected chi connectivity index (χ2v) is 6.85. The van der Waals surface area contributed by atoms with Crippen molar-refractivity contribution in [2.75, 3.05) is 50.2 Å².